The average molecular weight is 287 g/mol. The van der Waals surface area contributed by atoms with E-state index in [1.165, 1.54) is 6.07 Å². The summed E-state index contributed by atoms with van der Waals surface area (Å²) >= 11 is 5.66. The van der Waals surface area contributed by atoms with Gasteiger partial charge in [0.2, 0.25) is 0 Å². The van der Waals surface area contributed by atoms with Gasteiger partial charge in [-0.2, -0.15) is 0 Å². The molecule has 1 aromatic heterocycles. The van der Waals surface area contributed by atoms with Crippen molar-refractivity contribution in [2.75, 3.05) is 20.6 Å². The molecule has 0 spiro atoms. The van der Waals surface area contributed by atoms with Crippen LogP contribution in [0.2, 0.25) is 5.15 Å². The molecular weight excluding hydrogens is 272 g/mol. The van der Waals surface area contributed by atoms with E-state index in [1.807, 2.05) is 25.9 Å². The highest BCUT2D eigenvalue weighted by Gasteiger charge is 2.22. The fraction of sp³-hybridized carbons (Fsp3) is 0.455. The lowest BCUT2D eigenvalue weighted by atomic mass is 10.2. The Morgan fingerprint density at radius 3 is 2.79 bits per heavy atom. The summed E-state index contributed by atoms with van der Waals surface area (Å²) in [6.07, 6.45) is 0.980. The summed E-state index contributed by atoms with van der Waals surface area (Å²) in [5.74, 6) is -0.537. The molecule has 0 bridgehead atoms. The van der Waals surface area contributed by atoms with Crippen molar-refractivity contribution in [3.63, 3.8) is 0 Å². The van der Waals surface area contributed by atoms with Crippen LogP contribution < -0.4 is 5.32 Å². The first kappa shape index (κ1) is 15.3. The second-order valence-corrected chi connectivity index (χ2v) is 4.81. The number of pyridine rings is 1. The van der Waals surface area contributed by atoms with Crippen LogP contribution in [0, 0.1) is 10.1 Å². The van der Waals surface area contributed by atoms with Gasteiger partial charge in [0.05, 0.1) is 4.92 Å². The van der Waals surface area contributed by atoms with Crippen molar-refractivity contribution in [2.45, 2.75) is 13.0 Å². The normalized spacial score (nSPS) is 12.3. The molecule has 104 valence electrons. The third-order valence-electron chi connectivity index (χ3n) is 2.31. The number of halogens is 1. The van der Waals surface area contributed by atoms with Gasteiger partial charge in [-0.25, -0.2) is 4.98 Å². The Balaban J connectivity index is 2.92. The predicted octanol–water partition coefficient (Wildman–Crippen LogP) is 1.32. The molecule has 0 aliphatic heterocycles. The van der Waals surface area contributed by atoms with E-state index in [1.54, 1.807) is 0 Å². The van der Waals surface area contributed by atoms with Gasteiger partial charge in [0, 0.05) is 12.6 Å². The number of rotatable bonds is 5. The fourth-order valence-corrected chi connectivity index (χ4v) is 1.80. The summed E-state index contributed by atoms with van der Waals surface area (Å²) < 4.78 is 0. The number of hydrogen-bond donors (Lipinski definition) is 1. The minimum Gasteiger partial charge on any atom is -0.348 e. The maximum atomic E-state index is 12.0. The van der Waals surface area contributed by atoms with E-state index in [0.717, 1.165) is 6.20 Å². The molecule has 0 fully saturated rings. The second kappa shape index (κ2) is 6.44. The molecule has 1 aromatic rings. The fourth-order valence-electron chi connectivity index (χ4n) is 1.64. The number of amides is 1. The van der Waals surface area contributed by atoms with E-state index in [4.69, 9.17) is 11.6 Å². The van der Waals surface area contributed by atoms with E-state index in [0.29, 0.717) is 6.54 Å². The second-order valence-electron chi connectivity index (χ2n) is 4.42. The van der Waals surface area contributed by atoms with Gasteiger partial charge in [-0.3, -0.25) is 14.9 Å². The molecule has 0 aromatic carbocycles. The lowest BCUT2D eigenvalue weighted by Crippen LogP contribution is -2.39. The molecule has 8 heteroatoms. The Morgan fingerprint density at radius 2 is 2.26 bits per heavy atom. The molecule has 1 atom stereocenters. The van der Waals surface area contributed by atoms with Crippen LogP contribution in [0.1, 0.15) is 17.3 Å². The van der Waals surface area contributed by atoms with Gasteiger partial charge in [-0.05, 0) is 27.1 Å². The molecule has 0 saturated carbocycles. The van der Waals surface area contributed by atoms with Gasteiger partial charge >= 0.3 is 0 Å². The number of nitrogens with zero attached hydrogens (tertiary/aromatic N) is 3. The highest BCUT2D eigenvalue weighted by molar-refractivity contribution is 6.29. The number of aromatic nitrogens is 1. The smallest absolute Gasteiger partial charge is 0.300 e. The molecule has 1 N–H and O–H groups in total. The van der Waals surface area contributed by atoms with Crippen molar-refractivity contribution in [3.05, 3.63) is 33.1 Å². The van der Waals surface area contributed by atoms with Gasteiger partial charge in [0.25, 0.3) is 11.6 Å². The Bertz CT molecular complexity index is 493. The number of carbonyl (C=O) groups excluding carboxylic acids is 1. The van der Waals surface area contributed by atoms with Crippen LogP contribution in [-0.4, -0.2) is 47.4 Å². The van der Waals surface area contributed by atoms with Crippen molar-refractivity contribution in [1.82, 2.24) is 15.2 Å². The molecule has 1 amide bonds. The largest absolute Gasteiger partial charge is 0.348 e. The van der Waals surface area contributed by atoms with Gasteiger partial charge in [-0.15, -0.1) is 0 Å². The van der Waals surface area contributed by atoms with E-state index >= 15 is 0 Å². The lowest BCUT2D eigenvalue weighted by Gasteiger charge is -2.18. The monoisotopic (exact) mass is 286 g/mol. The topological polar surface area (TPSA) is 88.4 Å². The molecule has 0 aliphatic rings. The molecule has 7 nitrogen and oxygen atoms in total. The summed E-state index contributed by atoms with van der Waals surface area (Å²) in [4.78, 5) is 27.7. The van der Waals surface area contributed by atoms with E-state index in [9.17, 15) is 14.9 Å². The van der Waals surface area contributed by atoms with E-state index in [-0.39, 0.29) is 22.4 Å². The van der Waals surface area contributed by atoms with Crippen LogP contribution in [0.15, 0.2) is 12.3 Å². The standard InChI is InChI=1S/C11H15ClN4O3/c1-7(6-15(2)3)14-11(17)8-4-10(12)13-5-9(8)16(18)19/h4-5,7H,6H2,1-3H3,(H,14,17). The third-order valence-corrected chi connectivity index (χ3v) is 2.51. The molecular formula is C11H15ClN4O3. The summed E-state index contributed by atoms with van der Waals surface area (Å²) in [6.45, 7) is 2.44. The average Bonchev–Trinajstić information content (AvgIpc) is 2.26. The van der Waals surface area contributed by atoms with Crippen molar-refractivity contribution < 1.29 is 9.72 Å². The van der Waals surface area contributed by atoms with Crippen molar-refractivity contribution in [2.24, 2.45) is 0 Å². The predicted molar refractivity (Wildman–Crippen MR) is 71.4 cm³/mol. The number of nitrogens with one attached hydrogen (secondary N) is 1. The van der Waals surface area contributed by atoms with Gasteiger partial charge < -0.3 is 10.2 Å². The van der Waals surface area contributed by atoms with Crippen LogP contribution >= 0.6 is 11.6 Å². The number of carbonyl (C=O) groups is 1. The first-order valence-corrected chi connectivity index (χ1v) is 5.94. The summed E-state index contributed by atoms with van der Waals surface area (Å²) in [5, 5.41) is 13.6. The van der Waals surface area contributed by atoms with Gasteiger partial charge in [0.1, 0.15) is 16.9 Å². The zero-order chi connectivity index (χ0) is 14.6. The molecule has 19 heavy (non-hydrogen) atoms. The minimum absolute atomic E-state index is 0.0380. The third kappa shape index (κ3) is 4.46. The Labute approximate surface area is 115 Å². The van der Waals surface area contributed by atoms with Crippen LogP contribution in [0.5, 0.6) is 0 Å². The van der Waals surface area contributed by atoms with Crippen molar-refractivity contribution in [3.8, 4) is 0 Å². The molecule has 0 radical (unpaired) electrons. The zero-order valence-electron chi connectivity index (χ0n) is 10.9. The lowest BCUT2D eigenvalue weighted by molar-refractivity contribution is -0.385. The van der Waals surface area contributed by atoms with Crippen LogP contribution in [0.25, 0.3) is 0 Å². The quantitative estimate of drug-likeness (QED) is 0.501. The van der Waals surface area contributed by atoms with E-state index < -0.39 is 10.8 Å². The molecule has 1 heterocycles. The molecule has 0 saturated heterocycles. The van der Waals surface area contributed by atoms with Crippen molar-refractivity contribution in [1.29, 1.82) is 0 Å². The highest BCUT2D eigenvalue weighted by Crippen LogP contribution is 2.20. The molecule has 1 unspecified atom stereocenters. The number of nitro groups is 1. The number of likely N-dealkylation sites (N-methyl/N-ethyl adjacent to an activating group) is 1. The van der Waals surface area contributed by atoms with Gasteiger partial charge in [0.15, 0.2) is 0 Å². The first-order chi connectivity index (χ1) is 8.81. The highest BCUT2D eigenvalue weighted by atomic mass is 35.5. The Morgan fingerprint density at radius 1 is 1.63 bits per heavy atom. The van der Waals surface area contributed by atoms with Crippen LogP contribution in [-0.2, 0) is 0 Å². The Kier molecular flexibility index (Phi) is 5.20. The summed E-state index contributed by atoms with van der Waals surface area (Å²) in [5.41, 5.74) is -0.449. The summed E-state index contributed by atoms with van der Waals surface area (Å²) in [6, 6.07) is 1.05. The first-order valence-electron chi connectivity index (χ1n) is 5.56. The zero-order valence-corrected chi connectivity index (χ0v) is 11.6. The SMILES string of the molecule is CC(CN(C)C)NC(=O)c1cc(Cl)ncc1[N+](=O)[O-]. The Hall–Kier alpha value is -1.73. The molecule has 1 rings (SSSR count). The molecule has 0 aliphatic carbocycles. The van der Waals surface area contributed by atoms with Crippen molar-refractivity contribution >= 4 is 23.2 Å². The summed E-state index contributed by atoms with van der Waals surface area (Å²) in [7, 11) is 3.74. The van der Waals surface area contributed by atoms with Crippen LogP contribution in [0.3, 0.4) is 0 Å². The van der Waals surface area contributed by atoms with Crippen LogP contribution in [0.4, 0.5) is 5.69 Å². The maximum Gasteiger partial charge on any atom is 0.300 e. The number of hydrogen-bond acceptors (Lipinski definition) is 5. The van der Waals surface area contributed by atoms with Gasteiger partial charge in [-0.1, -0.05) is 11.6 Å². The maximum absolute atomic E-state index is 12.0. The minimum atomic E-state index is -0.658. The van der Waals surface area contributed by atoms with E-state index in [2.05, 4.69) is 10.3 Å².